The fraction of sp³-hybridized carbons (Fsp3) is 0.263. The number of amides is 1. The van der Waals surface area contributed by atoms with Crippen molar-refractivity contribution in [3.63, 3.8) is 0 Å². The molecule has 30 heavy (non-hydrogen) atoms. The van der Waals surface area contributed by atoms with Crippen LogP contribution in [0.2, 0.25) is 0 Å². The van der Waals surface area contributed by atoms with Crippen LogP contribution in [0.4, 0.5) is 13.2 Å². The van der Waals surface area contributed by atoms with Crippen molar-refractivity contribution in [1.29, 1.82) is 0 Å². The summed E-state index contributed by atoms with van der Waals surface area (Å²) in [5.41, 5.74) is -0.137. The fourth-order valence-electron chi connectivity index (χ4n) is 3.03. The van der Waals surface area contributed by atoms with Gasteiger partial charge in [0, 0.05) is 38.0 Å². The van der Waals surface area contributed by atoms with E-state index in [-0.39, 0.29) is 23.6 Å². The van der Waals surface area contributed by atoms with Gasteiger partial charge in [-0.25, -0.2) is 9.50 Å². The zero-order chi connectivity index (χ0) is 21.5. The number of alkyl halides is 3. The van der Waals surface area contributed by atoms with Crippen molar-refractivity contribution in [2.45, 2.75) is 26.2 Å². The Morgan fingerprint density at radius 2 is 2.10 bits per heavy atom. The molecule has 0 unspecified atom stereocenters. The number of fused-ring (bicyclic) bond motifs is 1. The summed E-state index contributed by atoms with van der Waals surface area (Å²) in [5.74, 6) is -0.504. The van der Waals surface area contributed by atoms with Crippen molar-refractivity contribution >= 4 is 22.9 Å². The van der Waals surface area contributed by atoms with Gasteiger partial charge in [-0.05, 0) is 24.4 Å². The summed E-state index contributed by atoms with van der Waals surface area (Å²) in [7, 11) is 1.56. The Balaban J connectivity index is 1.70. The van der Waals surface area contributed by atoms with E-state index < -0.39 is 17.8 Å². The van der Waals surface area contributed by atoms with E-state index in [9.17, 15) is 18.0 Å². The van der Waals surface area contributed by atoms with Crippen LogP contribution in [0.5, 0.6) is 0 Å². The predicted molar refractivity (Wildman–Crippen MR) is 105 cm³/mol. The second-order valence-electron chi connectivity index (χ2n) is 6.67. The molecule has 0 aliphatic rings. The first-order valence-corrected chi connectivity index (χ1v) is 9.93. The van der Waals surface area contributed by atoms with Crippen molar-refractivity contribution in [2.75, 3.05) is 7.05 Å². The Hall–Kier alpha value is -3.21. The SMILES string of the molecule is CCn1cc(CN(C)C(=O)c2cc3nc(-c4cccs4)cc(C(F)(F)F)n3n2)cn1. The molecule has 1 amide bonds. The fourth-order valence-corrected chi connectivity index (χ4v) is 3.72. The van der Waals surface area contributed by atoms with Crippen LogP contribution in [0.25, 0.3) is 16.2 Å². The van der Waals surface area contributed by atoms with Crippen LogP contribution < -0.4 is 0 Å². The minimum absolute atomic E-state index is 0.0382. The molecule has 4 aromatic rings. The molecule has 0 saturated heterocycles. The van der Waals surface area contributed by atoms with E-state index in [4.69, 9.17) is 0 Å². The number of hydrogen-bond acceptors (Lipinski definition) is 5. The highest BCUT2D eigenvalue weighted by Gasteiger charge is 2.36. The van der Waals surface area contributed by atoms with Crippen molar-refractivity contribution in [3.05, 3.63) is 59.0 Å². The normalized spacial score (nSPS) is 11.9. The molecular weight excluding hydrogens is 417 g/mol. The third-order valence-corrected chi connectivity index (χ3v) is 5.38. The van der Waals surface area contributed by atoms with Gasteiger partial charge in [-0.3, -0.25) is 9.48 Å². The molecule has 156 valence electrons. The molecule has 0 aliphatic carbocycles. The lowest BCUT2D eigenvalue weighted by Crippen LogP contribution is -2.26. The number of carbonyl (C=O) groups excluding carboxylic acids is 1. The minimum atomic E-state index is -4.65. The number of rotatable bonds is 5. The Bertz CT molecular complexity index is 1200. The summed E-state index contributed by atoms with van der Waals surface area (Å²) in [5, 5.41) is 9.82. The van der Waals surface area contributed by atoms with E-state index in [0.717, 1.165) is 11.6 Å². The molecule has 4 heterocycles. The molecule has 0 spiro atoms. The van der Waals surface area contributed by atoms with E-state index >= 15 is 0 Å². The first-order chi connectivity index (χ1) is 14.3. The van der Waals surface area contributed by atoms with Gasteiger partial charge in [-0.1, -0.05) is 6.07 Å². The second kappa shape index (κ2) is 7.56. The van der Waals surface area contributed by atoms with Gasteiger partial charge in [0.1, 0.15) is 0 Å². The number of nitrogens with zero attached hydrogens (tertiary/aromatic N) is 6. The van der Waals surface area contributed by atoms with Gasteiger partial charge in [0.25, 0.3) is 5.91 Å². The third-order valence-electron chi connectivity index (χ3n) is 4.49. The van der Waals surface area contributed by atoms with Gasteiger partial charge in [0.15, 0.2) is 17.0 Å². The van der Waals surface area contributed by atoms with Gasteiger partial charge in [-0.15, -0.1) is 11.3 Å². The Morgan fingerprint density at radius 3 is 2.73 bits per heavy atom. The summed E-state index contributed by atoms with van der Waals surface area (Å²) < 4.78 is 43.3. The quantitative estimate of drug-likeness (QED) is 0.477. The third kappa shape index (κ3) is 3.80. The lowest BCUT2D eigenvalue weighted by Gasteiger charge is -2.14. The van der Waals surface area contributed by atoms with Gasteiger partial charge in [0.05, 0.1) is 16.8 Å². The standard InChI is InChI=1S/C19H17F3N6OS/c1-3-27-11-12(9-23-27)10-26(2)18(29)14-8-17-24-13(15-5-4-6-30-15)7-16(19(20,21)22)28(17)25-14/h4-9,11H,3,10H2,1-2H3. The van der Waals surface area contributed by atoms with Crippen LogP contribution in [0.1, 0.15) is 28.7 Å². The molecular formula is C19H17F3N6OS. The van der Waals surface area contributed by atoms with Crippen LogP contribution in [0.15, 0.2) is 42.0 Å². The topological polar surface area (TPSA) is 68.3 Å². The van der Waals surface area contributed by atoms with E-state index in [1.54, 1.807) is 35.4 Å². The van der Waals surface area contributed by atoms with Crippen molar-refractivity contribution < 1.29 is 18.0 Å². The van der Waals surface area contributed by atoms with Gasteiger partial charge in [-0.2, -0.15) is 23.4 Å². The molecule has 0 atom stereocenters. The first kappa shape index (κ1) is 20.1. The van der Waals surface area contributed by atoms with Crippen LogP contribution in [0, 0.1) is 0 Å². The lowest BCUT2D eigenvalue weighted by atomic mass is 10.2. The molecule has 0 aliphatic heterocycles. The molecule has 4 rings (SSSR count). The van der Waals surface area contributed by atoms with Crippen molar-refractivity contribution in [1.82, 2.24) is 29.3 Å². The summed E-state index contributed by atoms with van der Waals surface area (Å²) in [6.07, 6.45) is -1.20. The second-order valence-corrected chi connectivity index (χ2v) is 7.61. The zero-order valence-corrected chi connectivity index (χ0v) is 16.9. The predicted octanol–water partition coefficient (Wildman–Crippen LogP) is 3.97. The molecule has 4 aromatic heterocycles. The molecule has 7 nitrogen and oxygen atoms in total. The molecule has 0 saturated carbocycles. The maximum Gasteiger partial charge on any atom is 0.433 e. The summed E-state index contributed by atoms with van der Waals surface area (Å²) in [6.45, 7) is 2.90. The number of thiophene rings is 1. The van der Waals surface area contributed by atoms with E-state index in [1.807, 2.05) is 13.1 Å². The first-order valence-electron chi connectivity index (χ1n) is 9.05. The lowest BCUT2D eigenvalue weighted by molar-refractivity contribution is -0.142. The summed E-state index contributed by atoms with van der Waals surface area (Å²) >= 11 is 1.28. The largest absolute Gasteiger partial charge is 0.433 e. The van der Waals surface area contributed by atoms with Crippen LogP contribution >= 0.6 is 11.3 Å². The number of halogens is 3. The average Bonchev–Trinajstić information content (AvgIpc) is 3.45. The molecule has 0 radical (unpaired) electrons. The van der Waals surface area contributed by atoms with E-state index in [0.29, 0.717) is 15.9 Å². The number of aromatic nitrogens is 5. The zero-order valence-electron chi connectivity index (χ0n) is 16.1. The monoisotopic (exact) mass is 434 g/mol. The smallest absolute Gasteiger partial charge is 0.336 e. The summed E-state index contributed by atoms with van der Waals surface area (Å²) in [4.78, 5) is 19.0. The maximum atomic E-state index is 13.6. The van der Waals surface area contributed by atoms with Crippen LogP contribution in [-0.4, -0.2) is 42.2 Å². The van der Waals surface area contributed by atoms with E-state index in [1.165, 1.54) is 22.3 Å². The molecule has 0 fully saturated rings. The Kier molecular flexibility index (Phi) is 5.06. The van der Waals surface area contributed by atoms with Gasteiger partial charge in [0.2, 0.25) is 0 Å². The van der Waals surface area contributed by atoms with Gasteiger partial charge >= 0.3 is 6.18 Å². The Labute approximate surface area is 173 Å². The minimum Gasteiger partial charge on any atom is -0.336 e. The highest BCUT2D eigenvalue weighted by atomic mass is 32.1. The summed E-state index contributed by atoms with van der Waals surface area (Å²) in [6, 6.07) is 5.65. The van der Waals surface area contributed by atoms with Crippen LogP contribution in [0.3, 0.4) is 0 Å². The van der Waals surface area contributed by atoms with Crippen molar-refractivity contribution in [3.8, 4) is 10.6 Å². The highest BCUT2D eigenvalue weighted by molar-refractivity contribution is 7.13. The van der Waals surface area contributed by atoms with Gasteiger partial charge < -0.3 is 4.90 Å². The highest BCUT2D eigenvalue weighted by Crippen LogP contribution is 2.33. The number of aryl methyl sites for hydroxylation is 1. The molecule has 0 bridgehead atoms. The molecule has 11 heteroatoms. The molecule has 0 aromatic carbocycles. The maximum absolute atomic E-state index is 13.6. The molecule has 0 N–H and O–H groups in total. The number of carbonyl (C=O) groups is 1. The number of hydrogen-bond donors (Lipinski definition) is 0. The van der Waals surface area contributed by atoms with Crippen molar-refractivity contribution in [2.24, 2.45) is 0 Å². The average molecular weight is 434 g/mol. The Morgan fingerprint density at radius 1 is 1.30 bits per heavy atom. The van der Waals surface area contributed by atoms with Crippen LogP contribution in [-0.2, 0) is 19.3 Å². The van der Waals surface area contributed by atoms with E-state index in [2.05, 4.69) is 15.2 Å².